The van der Waals surface area contributed by atoms with Gasteiger partial charge in [0, 0.05) is 12.2 Å². The lowest BCUT2D eigenvalue weighted by Crippen LogP contribution is -2.36. The Kier molecular flexibility index (Phi) is 4.21. The highest BCUT2D eigenvalue weighted by molar-refractivity contribution is 7.18. The molecule has 0 N–H and O–H groups in total. The molecular formula is C20H17N3OS. The normalized spacial score (nSPS) is 14.8. The van der Waals surface area contributed by atoms with Crippen LogP contribution in [0.5, 0.6) is 0 Å². The van der Waals surface area contributed by atoms with Gasteiger partial charge in [-0.2, -0.15) is 5.26 Å². The molecule has 4 nitrogen and oxygen atoms in total. The molecule has 1 aromatic heterocycles. The average Bonchev–Trinajstić information content (AvgIpc) is 3.06. The number of Topliss-reactive ketones (excluding diaryl/α,β-unsaturated/α-hetero) is 1. The van der Waals surface area contributed by atoms with Crippen LogP contribution in [-0.2, 0) is 11.2 Å². The summed E-state index contributed by atoms with van der Waals surface area (Å²) in [5.41, 5.74) is 3.23. The first kappa shape index (κ1) is 15.8. The Bertz CT molecular complexity index is 939. The Morgan fingerprint density at radius 1 is 1.24 bits per heavy atom. The van der Waals surface area contributed by atoms with Crippen molar-refractivity contribution in [2.75, 3.05) is 18.0 Å². The van der Waals surface area contributed by atoms with E-state index in [1.54, 1.807) is 0 Å². The first-order chi connectivity index (χ1) is 12.3. The number of thiazole rings is 1. The summed E-state index contributed by atoms with van der Waals surface area (Å²) in [5, 5.41) is 10.2. The van der Waals surface area contributed by atoms with Crippen molar-refractivity contribution in [2.45, 2.75) is 18.8 Å². The molecule has 2 heterocycles. The van der Waals surface area contributed by atoms with Crippen LogP contribution in [0.1, 0.15) is 22.9 Å². The van der Waals surface area contributed by atoms with Crippen LogP contribution < -0.4 is 4.90 Å². The Labute approximate surface area is 150 Å². The second-order valence-electron chi connectivity index (χ2n) is 6.20. The van der Waals surface area contributed by atoms with Crippen LogP contribution in [0.15, 0.2) is 48.5 Å². The molecule has 1 aliphatic heterocycles. The first-order valence-corrected chi connectivity index (χ1v) is 9.18. The Morgan fingerprint density at radius 2 is 2.04 bits per heavy atom. The standard InChI is InChI=1S/C20H17N3OS/c21-12-15(20-22-16-8-2-4-10-19(16)25-20)18(24)13-23-11-5-7-14-6-1-3-9-17(14)23/h1-4,6,8-10,15H,5,7,11,13H2/t15-/m1/s1. The predicted molar refractivity (Wildman–Crippen MR) is 100.0 cm³/mol. The van der Waals surface area contributed by atoms with E-state index in [1.165, 1.54) is 16.9 Å². The molecule has 3 aromatic rings. The molecule has 1 aliphatic rings. The van der Waals surface area contributed by atoms with Crippen molar-refractivity contribution >= 4 is 33.0 Å². The van der Waals surface area contributed by atoms with E-state index in [0.717, 1.165) is 35.3 Å². The van der Waals surface area contributed by atoms with Gasteiger partial charge in [0.25, 0.3) is 0 Å². The number of nitriles is 1. The topological polar surface area (TPSA) is 57.0 Å². The zero-order valence-corrected chi connectivity index (χ0v) is 14.5. The third kappa shape index (κ3) is 3.01. The van der Waals surface area contributed by atoms with Gasteiger partial charge in [0.2, 0.25) is 0 Å². The van der Waals surface area contributed by atoms with Gasteiger partial charge in [-0.25, -0.2) is 4.98 Å². The van der Waals surface area contributed by atoms with Crippen molar-refractivity contribution in [3.8, 4) is 6.07 Å². The van der Waals surface area contributed by atoms with Crippen molar-refractivity contribution < 1.29 is 4.79 Å². The first-order valence-electron chi connectivity index (χ1n) is 8.37. The van der Waals surface area contributed by atoms with Gasteiger partial charge >= 0.3 is 0 Å². The maximum Gasteiger partial charge on any atom is 0.176 e. The lowest BCUT2D eigenvalue weighted by molar-refractivity contribution is -0.118. The van der Waals surface area contributed by atoms with Gasteiger partial charge in [0.1, 0.15) is 5.01 Å². The lowest BCUT2D eigenvalue weighted by atomic mass is 10.00. The van der Waals surface area contributed by atoms with Crippen LogP contribution in [0.2, 0.25) is 0 Å². The summed E-state index contributed by atoms with van der Waals surface area (Å²) < 4.78 is 1.01. The SMILES string of the molecule is N#C[C@H](C(=O)CN1CCCc2ccccc21)c1nc2ccccc2s1. The molecular weight excluding hydrogens is 330 g/mol. The fraction of sp³-hybridized carbons (Fsp3) is 0.250. The van der Waals surface area contributed by atoms with Crippen LogP contribution in [0.25, 0.3) is 10.2 Å². The molecule has 0 fully saturated rings. The quantitative estimate of drug-likeness (QED) is 0.718. The van der Waals surface area contributed by atoms with Gasteiger partial charge in [0.15, 0.2) is 11.7 Å². The van der Waals surface area contributed by atoms with E-state index < -0.39 is 5.92 Å². The van der Waals surface area contributed by atoms with Crippen LogP contribution >= 0.6 is 11.3 Å². The number of aryl methyl sites for hydroxylation is 1. The molecule has 0 unspecified atom stereocenters. The summed E-state index contributed by atoms with van der Waals surface area (Å²) in [5.74, 6) is -0.884. The molecule has 0 amide bonds. The summed E-state index contributed by atoms with van der Waals surface area (Å²) in [4.78, 5) is 19.4. The van der Waals surface area contributed by atoms with Gasteiger partial charge in [0.05, 0.1) is 22.8 Å². The number of hydrogen-bond donors (Lipinski definition) is 0. The van der Waals surface area contributed by atoms with Crippen molar-refractivity contribution in [3.63, 3.8) is 0 Å². The van der Waals surface area contributed by atoms with Crippen LogP contribution in [0, 0.1) is 11.3 Å². The molecule has 0 radical (unpaired) electrons. The highest BCUT2D eigenvalue weighted by Gasteiger charge is 2.27. The number of rotatable bonds is 4. The zero-order chi connectivity index (χ0) is 17.2. The second kappa shape index (κ2) is 6.66. The fourth-order valence-electron chi connectivity index (χ4n) is 3.33. The number of fused-ring (bicyclic) bond motifs is 2. The maximum absolute atomic E-state index is 12.8. The summed E-state index contributed by atoms with van der Waals surface area (Å²) in [6.45, 7) is 1.10. The summed E-state index contributed by atoms with van der Waals surface area (Å²) >= 11 is 1.43. The predicted octanol–water partition coefficient (Wildman–Crippen LogP) is 3.93. The molecule has 0 aliphatic carbocycles. The molecule has 5 heteroatoms. The molecule has 0 saturated heterocycles. The van der Waals surface area contributed by atoms with E-state index in [2.05, 4.69) is 28.1 Å². The monoisotopic (exact) mass is 347 g/mol. The number of anilines is 1. The molecule has 0 bridgehead atoms. The molecule has 1 atom stereocenters. The van der Waals surface area contributed by atoms with E-state index in [-0.39, 0.29) is 12.3 Å². The molecule has 124 valence electrons. The molecule has 25 heavy (non-hydrogen) atoms. The Morgan fingerprint density at radius 3 is 2.88 bits per heavy atom. The van der Waals surface area contributed by atoms with Crippen molar-refractivity contribution in [1.82, 2.24) is 4.98 Å². The van der Waals surface area contributed by atoms with Crippen molar-refractivity contribution in [2.24, 2.45) is 0 Å². The molecule has 0 saturated carbocycles. The fourth-order valence-corrected chi connectivity index (χ4v) is 4.37. The number of hydrogen-bond acceptors (Lipinski definition) is 5. The number of carbonyl (C=O) groups is 1. The number of aromatic nitrogens is 1. The van der Waals surface area contributed by atoms with Crippen molar-refractivity contribution in [1.29, 1.82) is 5.26 Å². The van der Waals surface area contributed by atoms with Gasteiger partial charge in [-0.3, -0.25) is 4.79 Å². The van der Waals surface area contributed by atoms with E-state index in [4.69, 9.17) is 0 Å². The highest BCUT2D eigenvalue weighted by Crippen LogP contribution is 2.30. The summed E-state index contributed by atoms with van der Waals surface area (Å²) in [6, 6.07) is 18.1. The Balaban J connectivity index is 1.58. The van der Waals surface area contributed by atoms with E-state index in [0.29, 0.717) is 5.01 Å². The zero-order valence-electron chi connectivity index (χ0n) is 13.7. The third-order valence-corrected chi connectivity index (χ3v) is 5.66. The lowest BCUT2D eigenvalue weighted by Gasteiger charge is -2.31. The summed E-state index contributed by atoms with van der Waals surface area (Å²) in [6.07, 6.45) is 2.07. The highest BCUT2D eigenvalue weighted by atomic mass is 32.1. The maximum atomic E-state index is 12.8. The number of nitrogens with zero attached hydrogens (tertiary/aromatic N) is 3. The van der Waals surface area contributed by atoms with Gasteiger partial charge in [-0.1, -0.05) is 30.3 Å². The smallest absolute Gasteiger partial charge is 0.176 e. The Hall–Kier alpha value is -2.71. The average molecular weight is 347 g/mol. The number of para-hydroxylation sites is 2. The van der Waals surface area contributed by atoms with Crippen molar-refractivity contribution in [3.05, 3.63) is 59.1 Å². The van der Waals surface area contributed by atoms with Gasteiger partial charge < -0.3 is 4.90 Å². The number of carbonyl (C=O) groups excluding carboxylic acids is 1. The molecule has 0 spiro atoms. The van der Waals surface area contributed by atoms with Crippen LogP contribution in [-0.4, -0.2) is 23.9 Å². The second-order valence-corrected chi connectivity index (χ2v) is 7.26. The molecule has 4 rings (SSSR count). The van der Waals surface area contributed by atoms with Gasteiger partial charge in [-0.05, 0) is 36.6 Å². The minimum atomic E-state index is -0.800. The third-order valence-electron chi connectivity index (χ3n) is 4.56. The van der Waals surface area contributed by atoms with E-state index in [9.17, 15) is 10.1 Å². The van der Waals surface area contributed by atoms with Gasteiger partial charge in [-0.15, -0.1) is 11.3 Å². The minimum absolute atomic E-state index is 0.0849. The van der Waals surface area contributed by atoms with Crippen LogP contribution in [0.4, 0.5) is 5.69 Å². The number of ketones is 1. The largest absolute Gasteiger partial charge is 0.364 e. The number of benzene rings is 2. The minimum Gasteiger partial charge on any atom is -0.364 e. The van der Waals surface area contributed by atoms with E-state index in [1.807, 2.05) is 36.4 Å². The van der Waals surface area contributed by atoms with E-state index >= 15 is 0 Å². The molecule has 2 aromatic carbocycles. The summed E-state index contributed by atoms with van der Waals surface area (Å²) in [7, 11) is 0. The van der Waals surface area contributed by atoms with Crippen LogP contribution in [0.3, 0.4) is 0 Å².